The molecule has 4 nitrogen and oxygen atoms in total. The minimum atomic E-state index is -1.14. The molecule has 0 aliphatic heterocycles. The van der Waals surface area contributed by atoms with Crippen molar-refractivity contribution in [3.05, 3.63) is 0 Å². The first-order valence-corrected chi connectivity index (χ1v) is 3.77. The molecule has 1 unspecified atom stereocenters. The molecule has 0 aliphatic carbocycles. The fourth-order valence-corrected chi connectivity index (χ4v) is 1.04. The van der Waals surface area contributed by atoms with Gasteiger partial charge in [-0.3, -0.25) is 4.79 Å². The molecule has 70 valence electrons. The van der Waals surface area contributed by atoms with Crippen LogP contribution >= 0.6 is 0 Å². The molecule has 0 rings (SSSR count). The Bertz CT molecular complexity index is 185. The molecule has 0 aliphatic rings. The Labute approximate surface area is 72.1 Å². The van der Waals surface area contributed by atoms with Crippen molar-refractivity contribution >= 4 is 5.97 Å². The lowest BCUT2D eigenvalue weighted by molar-refractivity contribution is -0.146. The minimum absolute atomic E-state index is 0. The number of carboxylic acids is 1. The lowest BCUT2D eigenvalue weighted by Crippen LogP contribution is -2.28. The first kappa shape index (κ1) is 13.5. The number of carboxylic acid groups (broad SMARTS) is 1. The number of nitrogens with zero attached hydrogens (tertiary/aromatic N) is 1. The second kappa shape index (κ2) is 5.56. The highest BCUT2D eigenvalue weighted by atomic mass is 16.4. The molecule has 0 aromatic carbocycles. The molecule has 0 amide bonds. The predicted molar refractivity (Wildman–Crippen MR) is 44.5 cm³/mol. The minimum Gasteiger partial charge on any atom is -0.480 e. The van der Waals surface area contributed by atoms with Gasteiger partial charge in [0.15, 0.2) is 5.41 Å². The molecule has 0 radical (unpaired) electrons. The van der Waals surface area contributed by atoms with Gasteiger partial charge in [0, 0.05) is 0 Å². The van der Waals surface area contributed by atoms with Crippen molar-refractivity contribution in [2.75, 3.05) is 0 Å². The van der Waals surface area contributed by atoms with E-state index in [2.05, 4.69) is 0 Å². The van der Waals surface area contributed by atoms with E-state index in [0.29, 0.717) is 12.8 Å². The van der Waals surface area contributed by atoms with Crippen LogP contribution in [-0.2, 0) is 4.79 Å². The molecular weight excluding hydrogens is 158 g/mol. The zero-order chi connectivity index (χ0) is 8.91. The van der Waals surface area contributed by atoms with E-state index in [0.717, 1.165) is 6.42 Å². The van der Waals surface area contributed by atoms with Crippen LogP contribution in [0.1, 0.15) is 33.1 Å². The van der Waals surface area contributed by atoms with Gasteiger partial charge in [-0.1, -0.05) is 20.3 Å². The Morgan fingerprint density at radius 3 is 2.17 bits per heavy atom. The Balaban J connectivity index is 0. The first-order valence-electron chi connectivity index (χ1n) is 3.77. The summed E-state index contributed by atoms with van der Waals surface area (Å²) < 4.78 is 0. The van der Waals surface area contributed by atoms with Crippen molar-refractivity contribution in [2.45, 2.75) is 33.1 Å². The van der Waals surface area contributed by atoms with Gasteiger partial charge in [0.05, 0.1) is 6.07 Å². The van der Waals surface area contributed by atoms with Gasteiger partial charge in [0.1, 0.15) is 0 Å². The monoisotopic (exact) mass is 173 g/mol. The summed E-state index contributed by atoms with van der Waals surface area (Å²) in [5.41, 5.74) is -1.14. The van der Waals surface area contributed by atoms with Crippen LogP contribution in [0.5, 0.6) is 0 Å². The molecule has 0 bridgehead atoms. The fourth-order valence-electron chi connectivity index (χ4n) is 1.04. The van der Waals surface area contributed by atoms with Gasteiger partial charge in [0.2, 0.25) is 0 Å². The summed E-state index contributed by atoms with van der Waals surface area (Å²) in [5.74, 6) is -0.996. The average Bonchev–Trinajstić information content (AvgIpc) is 2.00. The van der Waals surface area contributed by atoms with Crippen molar-refractivity contribution in [2.24, 2.45) is 5.41 Å². The molecule has 4 heteroatoms. The summed E-state index contributed by atoms with van der Waals surface area (Å²) >= 11 is 0. The van der Waals surface area contributed by atoms with Crippen LogP contribution in [0.4, 0.5) is 0 Å². The number of rotatable bonds is 4. The van der Waals surface area contributed by atoms with Crippen molar-refractivity contribution in [3.63, 3.8) is 0 Å². The average molecular weight is 173 g/mol. The smallest absolute Gasteiger partial charge is 0.324 e. The quantitative estimate of drug-likeness (QED) is 0.686. The maximum Gasteiger partial charge on any atom is 0.324 e. The van der Waals surface area contributed by atoms with E-state index in [1.807, 2.05) is 13.0 Å². The predicted octanol–water partition coefficient (Wildman–Crippen LogP) is 0.966. The summed E-state index contributed by atoms with van der Waals surface area (Å²) in [5, 5.41) is 17.4. The third-order valence-electron chi connectivity index (χ3n) is 1.90. The lowest BCUT2D eigenvalue weighted by Gasteiger charge is -2.17. The number of carbonyl (C=O) groups is 1. The van der Waals surface area contributed by atoms with Crippen LogP contribution in [-0.4, -0.2) is 16.6 Å². The number of nitriles is 1. The topological polar surface area (TPSA) is 92.6 Å². The summed E-state index contributed by atoms with van der Waals surface area (Å²) in [4.78, 5) is 10.7. The van der Waals surface area contributed by atoms with Crippen molar-refractivity contribution < 1.29 is 15.4 Å². The van der Waals surface area contributed by atoms with E-state index in [-0.39, 0.29) is 5.48 Å². The second-order valence-corrected chi connectivity index (χ2v) is 2.60. The van der Waals surface area contributed by atoms with E-state index in [1.165, 1.54) is 0 Å². The molecular formula is C8H15NO3. The van der Waals surface area contributed by atoms with Crippen molar-refractivity contribution in [3.8, 4) is 6.07 Å². The van der Waals surface area contributed by atoms with Crippen molar-refractivity contribution in [1.82, 2.24) is 0 Å². The number of aliphatic carboxylic acids is 1. The molecule has 0 aromatic rings. The Morgan fingerprint density at radius 1 is 1.58 bits per heavy atom. The maximum atomic E-state index is 10.7. The number of hydrogen-bond donors (Lipinski definition) is 1. The molecule has 0 saturated carbocycles. The van der Waals surface area contributed by atoms with Gasteiger partial charge in [-0.15, -0.1) is 0 Å². The standard InChI is InChI=1S/C8H13NO2.H2O/c1-3-5-8(4-2,6-9)7(10)11;/h3-5H2,1-2H3,(H,10,11);1H2. The zero-order valence-corrected chi connectivity index (χ0v) is 7.42. The summed E-state index contributed by atoms with van der Waals surface area (Å²) in [6, 6.07) is 1.87. The molecule has 0 heterocycles. The highest BCUT2D eigenvalue weighted by molar-refractivity contribution is 5.77. The van der Waals surface area contributed by atoms with Crippen LogP contribution in [0.25, 0.3) is 0 Å². The van der Waals surface area contributed by atoms with Crippen LogP contribution in [0.2, 0.25) is 0 Å². The van der Waals surface area contributed by atoms with E-state index in [9.17, 15) is 4.79 Å². The first-order chi connectivity index (χ1) is 5.13. The third kappa shape index (κ3) is 2.51. The van der Waals surface area contributed by atoms with Gasteiger partial charge >= 0.3 is 5.97 Å². The molecule has 0 aromatic heterocycles. The van der Waals surface area contributed by atoms with Gasteiger partial charge in [-0.25, -0.2) is 0 Å². The van der Waals surface area contributed by atoms with E-state index in [1.54, 1.807) is 6.92 Å². The second-order valence-electron chi connectivity index (χ2n) is 2.60. The zero-order valence-electron chi connectivity index (χ0n) is 7.42. The summed E-state index contributed by atoms with van der Waals surface area (Å²) in [6.45, 7) is 3.61. The van der Waals surface area contributed by atoms with Crippen LogP contribution < -0.4 is 0 Å². The SMILES string of the molecule is CCCC(C#N)(CC)C(=O)O.O. The van der Waals surface area contributed by atoms with Crippen molar-refractivity contribution in [1.29, 1.82) is 5.26 Å². The van der Waals surface area contributed by atoms with Crippen LogP contribution in [0, 0.1) is 16.7 Å². The fraction of sp³-hybridized carbons (Fsp3) is 0.750. The molecule has 12 heavy (non-hydrogen) atoms. The van der Waals surface area contributed by atoms with Gasteiger partial charge in [0.25, 0.3) is 0 Å². The van der Waals surface area contributed by atoms with E-state index in [4.69, 9.17) is 10.4 Å². The Kier molecular flexibility index (Phi) is 6.25. The highest BCUT2D eigenvalue weighted by Crippen LogP contribution is 2.27. The maximum absolute atomic E-state index is 10.7. The normalized spacial score (nSPS) is 13.8. The summed E-state index contributed by atoms with van der Waals surface area (Å²) in [7, 11) is 0. The molecule has 0 saturated heterocycles. The van der Waals surface area contributed by atoms with E-state index < -0.39 is 11.4 Å². The molecule has 3 N–H and O–H groups in total. The van der Waals surface area contributed by atoms with Gasteiger partial charge in [-0.2, -0.15) is 5.26 Å². The molecule has 0 fully saturated rings. The summed E-state index contributed by atoms with van der Waals surface area (Å²) in [6.07, 6.45) is 1.55. The Hall–Kier alpha value is -1.08. The largest absolute Gasteiger partial charge is 0.480 e. The lowest BCUT2D eigenvalue weighted by atomic mass is 9.82. The third-order valence-corrected chi connectivity index (χ3v) is 1.90. The van der Waals surface area contributed by atoms with Crippen LogP contribution in [0.3, 0.4) is 0 Å². The van der Waals surface area contributed by atoms with Gasteiger partial charge < -0.3 is 10.6 Å². The van der Waals surface area contributed by atoms with Gasteiger partial charge in [-0.05, 0) is 12.8 Å². The highest BCUT2D eigenvalue weighted by Gasteiger charge is 2.35. The van der Waals surface area contributed by atoms with Crippen LogP contribution in [0.15, 0.2) is 0 Å². The molecule has 1 atom stereocenters. The van der Waals surface area contributed by atoms with E-state index >= 15 is 0 Å². The Morgan fingerprint density at radius 2 is 2.08 bits per heavy atom. The molecule has 0 spiro atoms. The number of hydrogen-bond acceptors (Lipinski definition) is 2.